The molecule has 2 saturated heterocycles. The Morgan fingerprint density at radius 3 is 1.67 bits per heavy atom. The summed E-state index contributed by atoms with van der Waals surface area (Å²) < 4.78 is 24.6. The van der Waals surface area contributed by atoms with Crippen LogP contribution in [0.25, 0.3) is 0 Å². The molecule has 2 N–H and O–H groups in total. The SMILES string of the molecule is CC1(C)OB(c2cc(SC#N)c(B3OC(C)(C)C(C)(C)O3)c(N)c2C#N)OC1(C)C. The minimum atomic E-state index is -0.801. The van der Waals surface area contributed by atoms with Gasteiger partial charge in [0.2, 0.25) is 0 Å². The van der Waals surface area contributed by atoms with E-state index in [2.05, 4.69) is 11.5 Å². The third-order valence-corrected chi connectivity index (χ3v) is 7.31. The lowest BCUT2D eigenvalue weighted by Gasteiger charge is -2.32. The van der Waals surface area contributed by atoms with Gasteiger partial charge in [-0.05, 0) is 73.2 Å². The average molecular weight is 427 g/mol. The average Bonchev–Trinajstić information content (AvgIpc) is 2.94. The number of hydrogen-bond donors (Lipinski definition) is 1. The molecule has 2 heterocycles. The van der Waals surface area contributed by atoms with Gasteiger partial charge in [-0.3, -0.25) is 0 Å². The Kier molecular flexibility index (Phi) is 5.51. The van der Waals surface area contributed by atoms with Gasteiger partial charge in [0.1, 0.15) is 11.5 Å². The summed E-state index contributed by atoms with van der Waals surface area (Å²) in [5, 5.41) is 21.4. The predicted molar refractivity (Wildman–Crippen MR) is 118 cm³/mol. The summed E-state index contributed by atoms with van der Waals surface area (Å²) in [6, 6.07) is 3.91. The fraction of sp³-hybridized carbons (Fsp3) is 0.600. The van der Waals surface area contributed by atoms with Gasteiger partial charge in [-0.25, -0.2) is 0 Å². The maximum absolute atomic E-state index is 9.92. The number of nitriles is 2. The van der Waals surface area contributed by atoms with Crippen molar-refractivity contribution in [1.29, 1.82) is 10.5 Å². The van der Waals surface area contributed by atoms with E-state index in [9.17, 15) is 10.5 Å². The number of nitrogens with two attached hydrogens (primary N) is 1. The smallest absolute Gasteiger partial charge is 0.399 e. The highest BCUT2D eigenvalue weighted by Crippen LogP contribution is 2.39. The second kappa shape index (κ2) is 7.19. The topological polar surface area (TPSA) is 111 Å². The van der Waals surface area contributed by atoms with Crippen molar-refractivity contribution in [3.63, 3.8) is 0 Å². The van der Waals surface area contributed by atoms with Crippen LogP contribution >= 0.6 is 11.8 Å². The lowest BCUT2D eigenvalue weighted by atomic mass is 9.70. The molecule has 3 rings (SSSR count). The molecule has 0 bridgehead atoms. The predicted octanol–water partition coefficient (Wildman–Crippen LogP) is 2.31. The summed E-state index contributed by atoms with van der Waals surface area (Å²) in [5.41, 5.74) is 5.56. The molecular weight excluding hydrogens is 400 g/mol. The Bertz CT molecular complexity index is 934. The third kappa shape index (κ3) is 3.51. The maximum Gasteiger partial charge on any atom is 0.498 e. The number of nitrogen functional groups attached to an aromatic ring is 1. The highest BCUT2D eigenvalue weighted by Gasteiger charge is 2.55. The number of benzene rings is 1. The molecule has 0 aliphatic carbocycles. The molecular formula is C20H27B2N3O4S. The fourth-order valence-corrected chi connectivity index (χ4v) is 3.93. The normalized spacial score (nSPS) is 23.3. The van der Waals surface area contributed by atoms with Crippen LogP contribution in [0.15, 0.2) is 11.0 Å². The van der Waals surface area contributed by atoms with Gasteiger partial charge in [0.25, 0.3) is 0 Å². The van der Waals surface area contributed by atoms with Gasteiger partial charge in [-0.15, -0.1) is 0 Å². The molecule has 0 amide bonds. The van der Waals surface area contributed by atoms with E-state index < -0.39 is 36.6 Å². The Morgan fingerprint density at radius 2 is 1.27 bits per heavy atom. The molecule has 0 saturated carbocycles. The van der Waals surface area contributed by atoms with Crippen molar-refractivity contribution in [1.82, 2.24) is 0 Å². The van der Waals surface area contributed by atoms with Crippen molar-refractivity contribution >= 4 is 42.6 Å². The molecule has 0 radical (unpaired) electrons. The van der Waals surface area contributed by atoms with E-state index in [0.29, 0.717) is 15.8 Å². The van der Waals surface area contributed by atoms with Crippen LogP contribution in [0.2, 0.25) is 0 Å². The zero-order valence-corrected chi connectivity index (χ0v) is 19.6. The fourth-order valence-electron chi connectivity index (χ4n) is 3.33. The maximum atomic E-state index is 9.92. The summed E-state index contributed by atoms with van der Waals surface area (Å²) in [7, 11) is -1.58. The van der Waals surface area contributed by atoms with Gasteiger partial charge >= 0.3 is 14.2 Å². The van der Waals surface area contributed by atoms with Crippen LogP contribution in [0.5, 0.6) is 0 Å². The Hall–Kier alpha value is -1.68. The summed E-state index contributed by atoms with van der Waals surface area (Å²) in [6.07, 6.45) is 0. The van der Waals surface area contributed by atoms with Crippen molar-refractivity contribution in [2.75, 3.05) is 5.73 Å². The second-order valence-corrected chi connectivity index (χ2v) is 10.5. The van der Waals surface area contributed by atoms with Crippen molar-refractivity contribution < 1.29 is 18.6 Å². The van der Waals surface area contributed by atoms with Gasteiger partial charge in [0.15, 0.2) is 0 Å². The van der Waals surface area contributed by atoms with Crippen LogP contribution in [0, 0.1) is 22.0 Å². The van der Waals surface area contributed by atoms with Gasteiger partial charge < -0.3 is 24.4 Å². The lowest BCUT2D eigenvalue weighted by molar-refractivity contribution is 0.00578. The standard InChI is InChI=1S/C20H27B2N3O4S/c1-17(2)18(3,4)27-21(26-17)13-9-14(30-11-24)15(16(25)12(13)10-23)22-28-19(5,6)20(7,8)29-22/h9H,25H2,1-8H3. The van der Waals surface area contributed by atoms with Crippen LogP contribution in [-0.4, -0.2) is 36.6 Å². The highest BCUT2D eigenvalue weighted by atomic mass is 32.2. The minimum absolute atomic E-state index is 0.209. The molecule has 0 unspecified atom stereocenters. The first-order chi connectivity index (χ1) is 13.7. The van der Waals surface area contributed by atoms with Crippen LogP contribution < -0.4 is 16.7 Å². The Balaban J connectivity index is 2.14. The molecule has 7 nitrogen and oxygen atoms in total. The van der Waals surface area contributed by atoms with Crippen molar-refractivity contribution in [3.05, 3.63) is 11.6 Å². The summed E-state index contributed by atoms with van der Waals surface area (Å²) >= 11 is 0.940. The van der Waals surface area contributed by atoms with Crippen LogP contribution in [0.1, 0.15) is 61.0 Å². The van der Waals surface area contributed by atoms with E-state index in [0.717, 1.165) is 11.8 Å². The molecule has 0 atom stereocenters. The minimum Gasteiger partial charge on any atom is -0.399 e. The summed E-state index contributed by atoms with van der Waals surface area (Å²) in [5.74, 6) is 0. The number of anilines is 1. The van der Waals surface area contributed by atoms with Gasteiger partial charge in [-0.1, -0.05) is 0 Å². The molecule has 158 valence electrons. The summed E-state index contributed by atoms with van der Waals surface area (Å²) in [4.78, 5) is 0.553. The molecule has 10 heteroatoms. The first kappa shape index (κ1) is 23.0. The third-order valence-electron chi connectivity index (χ3n) is 6.66. The molecule has 0 aromatic heterocycles. The first-order valence-electron chi connectivity index (χ1n) is 9.81. The molecule has 30 heavy (non-hydrogen) atoms. The molecule has 0 spiro atoms. The molecule has 2 aliphatic heterocycles. The number of thioether (sulfide) groups is 1. The van der Waals surface area contributed by atoms with E-state index in [4.69, 9.17) is 24.4 Å². The monoisotopic (exact) mass is 427 g/mol. The number of thiocyanates is 1. The molecule has 2 aliphatic rings. The van der Waals surface area contributed by atoms with Gasteiger partial charge in [-0.2, -0.15) is 10.5 Å². The van der Waals surface area contributed by atoms with E-state index in [-0.39, 0.29) is 11.3 Å². The highest BCUT2D eigenvalue weighted by molar-refractivity contribution is 8.04. The molecule has 2 fully saturated rings. The number of rotatable bonds is 3. The van der Waals surface area contributed by atoms with Crippen LogP contribution in [0.3, 0.4) is 0 Å². The largest absolute Gasteiger partial charge is 0.498 e. The van der Waals surface area contributed by atoms with E-state index in [1.807, 2.05) is 55.4 Å². The Labute approximate surface area is 183 Å². The van der Waals surface area contributed by atoms with Crippen LogP contribution in [0.4, 0.5) is 5.69 Å². The van der Waals surface area contributed by atoms with Crippen molar-refractivity contribution in [3.8, 4) is 11.5 Å². The van der Waals surface area contributed by atoms with Gasteiger partial charge in [0.05, 0.1) is 28.0 Å². The summed E-state index contributed by atoms with van der Waals surface area (Å²) in [6.45, 7) is 15.5. The van der Waals surface area contributed by atoms with Crippen LogP contribution in [-0.2, 0) is 18.6 Å². The zero-order valence-electron chi connectivity index (χ0n) is 18.7. The number of nitrogens with zero attached hydrogens (tertiary/aromatic N) is 2. The first-order valence-corrected chi connectivity index (χ1v) is 10.6. The number of hydrogen-bond acceptors (Lipinski definition) is 8. The molecule has 1 aromatic rings. The van der Waals surface area contributed by atoms with Crippen molar-refractivity contribution in [2.24, 2.45) is 0 Å². The second-order valence-electron chi connectivity index (χ2n) is 9.65. The quantitative estimate of drug-likeness (QED) is 0.339. The zero-order chi connectivity index (χ0) is 22.7. The Morgan fingerprint density at radius 1 is 0.833 bits per heavy atom. The lowest BCUT2D eigenvalue weighted by Crippen LogP contribution is -2.43. The van der Waals surface area contributed by atoms with E-state index in [1.54, 1.807) is 6.07 Å². The molecule has 1 aromatic carbocycles. The van der Waals surface area contributed by atoms with Gasteiger partial charge in [0, 0.05) is 21.5 Å². The van der Waals surface area contributed by atoms with E-state index in [1.165, 1.54) is 0 Å². The van der Waals surface area contributed by atoms with E-state index >= 15 is 0 Å². The van der Waals surface area contributed by atoms with Crippen molar-refractivity contribution in [2.45, 2.75) is 82.7 Å².